The summed E-state index contributed by atoms with van der Waals surface area (Å²) < 4.78 is 24.1. The maximum atomic E-state index is 12.0. The van der Waals surface area contributed by atoms with E-state index >= 15 is 0 Å². The summed E-state index contributed by atoms with van der Waals surface area (Å²) >= 11 is 0. The lowest BCUT2D eigenvalue weighted by molar-refractivity contribution is 0.199. The molecule has 2 N–H and O–H groups in total. The molecule has 1 aromatic rings. The molecule has 0 saturated heterocycles. The van der Waals surface area contributed by atoms with Gasteiger partial charge < -0.3 is 10.4 Å². The van der Waals surface area contributed by atoms with Crippen molar-refractivity contribution in [1.82, 2.24) is 5.32 Å². The van der Waals surface area contributed by atoms with Crippen molar-refractivity contribution in [2.75, 3.05) is 12.4 Å². The van der Waals surface area contributed by atoms with Gasteiger partial charge in [0.2, 0.25) is 0 Å². The van der Waals surface area contributed by atoms with Crippen molar-refractivity contribution in [2.24, 2.45) is 5.92 Å². The first kappa shape index (κ1) is 14.5. The number of sulfone groups is 1. The van der Waals surface area contributed by atoms with Gasteiger partial charge in [-0.25, -0.2) is 8.42 Å². The first-order chi connectivity index (χ1) is 8.95. The Morgan fingerprint density at radius 1 is 1.37 bits per heavy atom. The van der Waals surface area contributed by atoms with Crippen LogP contribution in [0.25, 0.3) is 0 Å². The van der Waals surface area contributed by atoms with Crippen molar-refractivity contribution in [3.63, 3.8) is 0 Å². The highest BCUT2D eigenvalue weighted by Crippen LogP contribution is 2.32. The zero-order chi connectivity index (χ0) is 14.0. The smallest absolute Gasteiger partial charge is 0.178 e. The quantitative estimate of drug-likeness (QED) is 0.879. The van der Waals surface area contributed by atoms with Crippen LogP contribution in [0.15, 0.2) is 29.2 Å². The van der Waals surface area contributed by atoms with E-state index < -0.39 is 9.84 Å². The largest absolute Gasteiger partial charge is 0.396 e. The Balaban J connectivity index is 2.26. The van der Waals surface area contributed by atoms with Crippen molar-refractivity contribution in [3.8, 4) is 0 Å². The maximum Gasteiger partial charge on any atom is 0.178 e. The van der Waals surface area contributed by atoms with Gasteiger partial charge in [0.15, 0.2) is 9.84 Å². The van der Waals surface area contributed by atoms with Crippen LogP contribution in [0.4, 0.5) is 0 Å². The minimum absolute atomic E-state index is 0.0451. The Morgan fingerprint density at radius 3 is 2.74 bits per heavy atom. The van der Waals surface area contributed by atoms with Gasteiger partial charge in [0.1, 0.15) is 0 Å². The van der Waals surface area contributed by atoms with Crippen LogP contribution in [0, 0.1) is 5.92 Å². The fraction of sp³-hybridized carbons (Fsp3) is 0.571. The summed E-state index contributed by atoms with van der Waals surface area (Å²) in [7, 11) is -3.13. The van der Waals surface area contributed by atoms with Crippen LogP contribution in [0.3, 0.4) is 0 Å². The molecule has 3 atom stereocenters. The Morgan fingerprint density at radius 2 is 2.05 bits per heavy atom. The number of fused-ring (bicyclic) bond motifs is 1. The van der Waals surface area contributed by atoms with E-state index in [1.807, 2.05) is 26.0 Å². The molecule has 0 aromatic heterocycles. The molecule has 1 heterocycles. The average Bonchev–Trinajstić information content (AvgIpc) is 2.41. The summed E-state index contributed by atoms with van der Waals surface area (Å²) in [6.07, 6.45) is 0.585. The predicted octanol–water partition coefficient (Wildman–Crippen LogP) is 1.51. The molecule has 19 heavy (non-hydrogen) atoms. The number of benzene rings is 1. The molecule has 0 amide bonds. The highest BCUT2D eigenvalue weighted by Gasteiger charge is 2.30. The van der Waals surface area contributed by atoms with E-state index in [-0.39, 0.29) is 30.4 Å². The molecule has 1 aliphatic heterocycles. The molecule has 5 heteroatoms. The van der Waals surface area contributed by atoms with Gasteiger partial charge in [0, 0.05) is 18.7 Å². The first-order valence-electron chi connectivity index (χ1n) is 6.64. The third-order valence-electron chi connectivity index (χ3n) is 3.91. The number of aliphatic hydroxyl groups excluding tert-OH is 1. The monoisotopic (exact) mass is 283 g/mol. The molecular formula is C14H21NO3S. The lowest BCUT2D eigenvalue weighted by Gasteiger charge is -2.31. The average molecular weight is 283 g/mol. The number of hydrogen-bond donors (Lipinski definition) is 2. The molecule has 1 aliphatic rings. The van der Waals surface area contributed by atoms with E-state index in [2.05, 4.69) is 5.32 Å². The Labute approximate surface area is 114 Å². The summed E-state index contributed by atoms with van der Waals surface area (Å²) in [5.41, 5.74) is 0.853. The molecule has 3 unspecified atom stereocenters. The number of hydrogen-bond acceptors (Lipinski definition) is 4. The molecule has 0 radical (unpaired) electrons. The number of rotatable bonds is 4. The van der Waals surface area contributed by atoms with Gasteiger partial charge in [-0.3, -0.25) is 0 Å². The molecule has 1 aromatic carbocycles. The SMILES string of the molecule is CC(CO)C(C)NC1CCS(=O)(=O)c2ccccc21. The van der Waals surface area contributed by atoms with Crippen LogP contribution in [0.2, 0.25) is 0 Å². The van der Waals surface area contributed by atoms with Crippen LogP contribution in [-0.4, -0.2) is 31.9 Å². The normalized spacial score (nSPS) is 24.5. The topological polar surface area (TPSA) is 66.4 Å². The Kier molecular flexibility index (Phi) is 4.28. The van der Waals surface area contributed by atoms with E-state index in [0.29, 0.717) is 11.3 Å². The fourth-order valence-corrected chi connectivity index (χ4v) is 4.02. The molecule has 2 rings (SSSR count). The van der Waals surface area contributed by atoms with Crippen LogP contribution in [0.1, 0.15) is 31.9 Å². The lowest BCUT2D eigenvalue weighted by atomic mass is 9.99. The molecule has 0 aliphatic carbocycles. The van der Waals surface area contributed by atoms with Crippen LogP contribution in [0.5, 0.6) is 0 Å². The highest BCUT2D eigenvalue weighted by atomic mass is 32.2. The van der Waals surface area contributed by atoms with Gasteiger partial charge in [0.05, 0.1) is 10.6 Å². The number of nitrogens with one attached hydrogen (secondary N) is 1. The summed E-state index contributed by atoms with van der Waals surface area (Å²) in [6, 6.07) is 7.37. The van der Waals surface area contributed by atoms with Gasteiger partial charge in [-0.1, -0.05) is 25.1 Å². The second-order valence-electron chi connectivity index (χ2n) is 5.31. The van der Waals surface area contributed by atoms with E-state index in [1.165, 1.54) is 0 Å². The van der Waals surface area contributed by atoms with Gasteiger partial charge >= 0.3 is 0 Å². The number of aliphatic hydroxyl groups is 1. The van der Waals surface area contributed by atoms with Crippen molar-refractivity contribution >= 4 is 9.84 Å². The summed E-state index contributed by atoms with van der Waals surface area (Å²) in [6.45, 7) is 4.12. The summed E-state index contributed by atoms with van der Waals surface area (Å²) in [4.78, 5) is 0.447. The zero-order valence-electron chi connectivity index (χ0n) is 11.3. The first-order valence-corrected chi connectivity index (χ1v) is 8.29. The summed E-state index contributed by atoms with van der Waals surface area (Å²) in [5, 5.41) is 12.6. The second-order valence-corrected chi connectivity index (χ2v) is 7.39. The van der Waals surface area contributed by atoms with Gasteiger partial charge in [-0.05, 0) is 30.9 Å². The van der Waals surface area contributed by atoms with Crippen molar-refractivity contribution in [3.05, 3.63) is 29.8 Å². The molecule has 4 nitrogen and oxygen atoms in total. The van der Waals surface area contributed by atoms with Gasteiger partial charge in [-0.2, -0.15) is 0 Å². The van der Waals surface area contributed by atoms with Crippen molar-refractivity contribution in [1.29, 1.82) is 0 Å². The summed E-state index contributed by atoms with van der Waals surface area (Å²) in [5.74, 6) is 0.327. The highest BCUT2D eigenvalue weighted by molar-refractivity contribution is 7.91. The maximum absolute atomic E-state index is 12.0. The van der Waals surface area contributed by atoms with Crippen molar-refractivity contribution < 1.29 is 13.5 Å². The van der Waals surface area contributed by atoms with E-state index in [9.17, 15) is 13.5 Å². The molecule has 106 valence electrons. The predicted molar refractivity (Wildman–Crippen MR) is 74.7 cm³/mol. The van der Waals surface area contributed by atoms with Gasteiger partial charge in [0.25, 0.3) is 0 Å². The minimum Gasteiger partial charge on any atom is -0.396 e. The molecule has 0 saturated carbocycles. The van der Waals surface area contributed by atoms with Crippen LogP contribution < -0.4 is 5.32 Å². The Hall–Kier alpha value is -0.910. The third-order valence-corrected chi connectivity index (χ3v) is 5.73. The minimum atomic E-state index is -3.13. The zero-order valence-corrected chi connectivity index (χ0v) is 12.2. The lowest BCUT2D eigenvalue weighted by Crippen LogP contribution is -2.39. The molecule has 0 spiro atoms. The van der Waals surface area contributed by atoms with Crippen LogP contribution >= 0.6 is 0 Å². The van der Waals surface area contributed by atoms with E-state index in [1.54, 1.807) is 12.1 Å². The van der Waals surface area contributed by atoms with E-state index in [0.717, 1.165) is 5.56 Å². The molecule has 0 fully saturated rings. The molecular weight excluding hydrogens is 262 g/mol. The second kappa shape index (κ2) is 5.61. The Bertz CT molecular complexity index is 541. The fourth-order valence-electron chi connectivity index (χ4n) is 2.40. The van der Waals surface area contributed by atoms with Gasteiger partial charge in [-0.15, -0.1) is 0 Å². The van der Waals surface area contributed by atoms with E-state index in [4.69, 9.17) is 0 Å². The third kappa shape index (κ3) is 2.99. The van der Waals surface area contributed by atoms with Crippen LogP contribution in [-0.2, 0) is 9.84 Å². The standard InChI is InChI=1S/C14H21NO3S/c1-10(9-16)11(2)15-13-7-8-19(17,18)14-6-4-3-5-12(13)14/h3-6,10-11,13,15-16H,7-9H2,1-2H3. The van der Waals surface area contributed by atoms with Crippen molar-refractivity contribution in [2.45, 2.75) is 37.2 Å². The molecule has 0 bridgehead atoms.